The van der Waals surface area contributed by atoms with Crippen molar-refractivity contribution in [3.63, 3.8) is 0 Å². The highest BCUT2D eigenvalue weighted by Gasteiger charge is 2.39. The van der Waals surface area contributed by atoms with Gasteiger partial charge in [-0.3, -0.25) is 9.48 Å². The first-order valence-electron chi connectivity index (χ1n) is 7.62. The van der Waals surface area contributed by atoms with Crippen LogP contribution in [-0.4, -0.2) is 37.3 Å². The second kappa shape index (κ2) is 5.94. The summed E-state index contributed by atoms with van der Waals surface area (Å²) in [5.74, 6) is -1.73. The van der Waals surface area contributed by atoms with E-state index < -0.39 is 12.1 Å². The molecular weight excluding hydrogens is 371 g/mol. The first kappa shape index (κ1) is 16.8. The third-order valence-electron chi connectivity index (χ3n) is 4.07. The summed E-state index contributed by atoms with van der Waals surface area (Å²) in [5, 5.41) is 9.25. The minimum atomic E-state index is -4.69. The monoisotopic (exact) mass is 383 g/mol. The van der Waals surface area contributed by atoms with Crippen molar-refractivity contribution in [3.05, 3.63) is 39.7 Å². The molecule has 1 aliphatic heterocycles. The minimum Gasteiger partial charge on any atom is -0.332 e. The summed E-state index contributed by atoms with van der Waals surface area (Å²) in [6, 6.07) is 1.63. The van der Waals surface area contributed by atoms with E-state index in [0.29, 0.717) is 24.2 Å². The molecule has 4 rings (SSSR count). The molecule has 0 N–H and O–H groups in total. The van der Waals surface area contributed by atoms with Crippen LogP contribution in [0.3, 0.4) is 0 Å². The Bertz CT molecular complexity index is 974. The molecule has 0 atom stereocenters. The van der Waals surface area contributed by atoms with Crippen LogP contribution in [0.15, 0.2) is 22.2 Å². The van der Waals surface area contributed by atoms with Crippen molar-refractivity contribution in [1.29, 1.82) is 0 Å². The van der Waals surface area contributed by atoms with Crippen LogP contribution in [0.2, 0.25) is 0 Å². The lowest BCUT2D eigenvalue weighted by atomic mass is 10.0. The largest absolute Gasteiger partial charge is 0.471 e. The fourth-order valence-electron chi connectivity index (χ4n) is 2.81. The molecule has 0 aliphatic carbocycles. The topological polar surface area (TPSA) is 77.0 Å². The fraction of sp³-hybridized carbons (Fsp3) is 0.333. The maximum atomic E-state index is 12.7. The highest BCUT2D eigenvalue weighted by molar-refractivity contribution is 7.10. The van der Waals surface area contributed by atoms with Crippen molar-refractivity contribution in [2.24, 2.45) is 7.05 Å². The molecule has 0 saturated heterocycles. The molecule has 3 aromatic rings. The number of alkyl halides is 3. The van der Waals surface area contributed by atoms with Crippen LogP contribution < -0.4 is 0 Å². The Kier molecular flexibility index (Phi) is 3.83. The number of fused-ring (bicyclic) bond motifs is 1. The van der Waals surface area contributed by atoms with Gasteiger partial charge in [-0.25, -0.2) is 0 Å². The number of nitrogens with zero attached hydrogens (tertiary/aromatic N) is 5. The van der Waals surface area contributed by atoms with Crippen LogP contribution >= 0.6 is 11.3 Å². The van der Waals surface area contributed by atoms with E-state index in [-0.39, 0.29) is 18.3 Å². The van der Waals surface area contributed by atoms with Crippen LogP contribution in [0.4, 0.5) is 13.2 Å². The third-order valence-corrected chi connectivity index (χ3v) is 5.16. The number of hydrogen-bond acceptors (Lipinski definition) is 6. The lowest BCUT2D eigenvalue weighted by molar-refractivity contribution is -0.159. The number of hydrogen-bond donors (Lipinski definition) is 0. The second-order valence-corrected chi connectivity index (χ2v) is 6.79. The molecule has 0 aromatic carbocycles. The number of carbonyl (C=O) groups excluding carboxylic acids is 1. The first-order valence-corrected chi connectivity index (χ1v) is 8.50. The first-order chi connectivity index (χ1) is 12.3. The number of aryl methyl sites for hydroxylation is 1. The molecule has 0 unspecified atom stereocenters. The third kappa shape index (κ3) is 2.87. The van der Waals surface area contributed by atoms with Gasteiger partial charge in [0.25, 0.3) is 5.91 Å². The van der Waals surface area contributed by atoms with Gasteiger partial charge in [-0.2, -0.15) is 23.3 Å². The Hall–Kier alpha value is -2.69. The van der Waals surface area contributed by atoms with E-state index in [1.165, 1.54) is 16.0 Å². The van der Waals surface area contributed by atoms with E-state index in [2.05, 4.69) is 19.8 Å². The van der Waals surface area contributed by atoms with E-state index in [9.17, 15) is 18.0 Å². The molecule has 4 heterocycles. The molecule has 1 aliphatic rings. The zero-order valence-corrected chi connectivity index (χ0v) is 14.3. The molecule has 7 nitrogen and oxygen atoms in total. The zero-order chi connectivity index (χ0) is 18.5. The lowest BCUT2D eigenvalue weighted by Crippen LogP contribution is -2.35. The fourth-order valence-corrected chi connectivity index (χ4v) is 3.85. The quantitative estimate of drug-likeness (QED) is 0.680. The van der Waals surface area contributed by atoms with E-state index >= 15 is 0 Å². The van der Waals surface area contributed by atoms with Crippen LogP contribution in [0.25, 0.3) is 11.4 Å². The average Bonchev–Trinajstić information content (AvgIpc) is 3.31. The van der Waals surface area contributed by atoms with Crippen molar-refractivity contribution >= 4 is 17.2 Å². The molecule has 3 aromatic heterocycles. The number of thiophene rings is 1. The van der Waals surface area contributed by atoms with Crippen molar-refractivity contribution in [1.82, 2.24) is 24.8 Å². The molecule has 0 bridgehead atoms. The van der Waals surface area contributed by atoms with Crippen LogP contribution in [0.1, 0.15) is 26.8 Å². The summed E-state index contributed by atoms with van der Waals surface area (Å²) in [4.78, 5) is 18.7. The molecule has 26 heavy (non-hydrogen) atoms. The predicted octanol–water partition coefficient (Wildman–Crippen LogP) is 2.75. The number of rotatable bonds is 2. The maximum absolute atomic E-state index is 12.7. The molecule has 0 radical (unpaired) electrons. The van der Waals surface area contributed by atoms with Crippen molar-refractivity contribution in [3.8, 4) is 11.4 Å². The second-order valence-electron chi connectivity index (χ2n) is 5.82. The van der Waals surface area contributed by atoms with Gasteiger partial charge in [-0.05, 0) is 18.1 Å². The summed E-state index contributed by atoms with van der Waals surface area (Å²) in [6.07, 6.45) is -2.40. The molecule has 136 valence electrons. The Balaban J connectivity index is 1.62. The van der Waals surface area contributed by atoms with Gasteiger partial charge >= 0.3 is 12.1 Å². The highest BCUT2D eigenvalue weighted by atomic mass is 32.1. The number of amides is 1. The Morgan fingerprint density at radius 3 is 2.85 bits per heavy atom. The van der Waals surface area contributed by atoms with Gasteiger partial charge in [0, 0.05) is 42.2 Å². The van der Waals surface area contributed by atoms with Gasteiger partial charge in [0.1, 0.15) is 5.69 Å². The van der Waals surface area contributed by atoms with Crippen molar-refractivity contribution in [2.45, 2.75) is 19.1 Å². The number of aromatic nitrogens is 4. The van der Waals surface area contributed by atoms with Crippen LogP contribution in [-0.2, 0) is 26.2 Å². The number of carbonyl (C=O) groups is 1. The number of halogens is 3. The zero-order valence-electron chi connectivity index (χ0n) is 13.4. The summed E-state index contributed by atoms with van der Waals surface area (Å²) in [5.41, 5.74) is 1.54. The molecular formula is C15H12F3N5O2S. The van der Waals surface area contributed by atoms with Gasteiger partial charge in [0.05, 0.1) is 0 Å². The Labute approximate surface area is 149 Å². The Morgan fingerprint density at radius 1 is 1.38 bits per heavy atom. The van der Waals surface area contributed by atoms with E-state index in [0.717, 1.165) is 10.4 Å². The Morgan fingerprint density at radius 2 is 2.19 bits per heavy atom. The molecule has 1 amide bonds. The van der Waals surface area contributed by atoms with Crippen molar-refractivity contribution < 1.29 is 22.5 Å². The molecule has 11 heteroatoms. The van der Waals surface area contributed by atoms with Gasteiger partial charge in [-0.15, -0.1) is 11.3 Å². The SMILES string of the molecule is Cn1ccc(C(=O)N2CCc3scc(-c4noc(C(F)(F)F)n4)c3C2)n1. The molecule has 0 spiro atoms. The van der Waals surface area contributed by atoms with Crippen LogP contribution in [0, 0.1) is 0 Å². The van der Waals surface area contributed by atoms with E-state index in [1.54, 1.807) is 29.6 Å². The molecule has 0 saturated carbocycles. The lowest BCUT2D eigenvalue weighted by Gasteiger charge is -2.26. The predicted molar refractivity (Wildman–Crippen MR) is 84.3 cm³/mol. The normalized spacial score (nSPS) is 14.5. The maximum Gasteiger partial charge on any atom is 0.471 e. The van der Waals surface area contributed by atoms with Gasteiger partial charge in [-0.1, -0.05) is 5.16 Å². The summed E-state index contributed by atoms with van der Waals surface area (Å²) in [6.45, 7) is 0.780. The standard InChI is InChI=1S/C15H12F3N5O2S/c1-22-4-2-10(20-22)13(24)23-5-3-11-8(6-23)9(7-26-11)12-19-14(25-21-12)15(16,17)18/h2,4,7H,3,5-6H2,1H3. The highest BCUT2D eigenvalue weighted by Crippen LogP contribution is 2.36. The summed E-state index contributed by atoms with van der Waals surface area (Å²) >= 11 is 1.42. The summed E-state index contributed by atoms with van der Waals surface area (Å²) < 4.78 is 43.9. The van der Waals surface area contributed by atoms with Gasteiger partial charge in [0.2, 0.25) is 5.82 Å². The van der Waals surface area contributed by atoms with Crippen molar-refractivity contribution in [2.75, 3.05) is 6.54 Å². The van der Waals surface area contributed by atoms with E-state index in [1.807, 2.05) is 0 Å². The summed E-state index contributed by atoms with van der Waals surface area (Å²) in [7, 11) is 1.72. The molecule has 0 fully saturated rings. The smallest absolute Gasteiger partial charge is 0.332 e. The van der Waals surface area contributed by atoms with Gasteiger partial charge < -0.3 is 9.42 Å². The van der Waals surface area contributed by atoms with Gasteiger partial charge in [0.15, 0.2) is 0 Å². The van der Waals surface area contributed by atoms with Crippen LogP contribution in [0.5, 0.6) is 0 Å². The minimum absolute atomic E-state index is 0.123. The average molecular weight is 383 g/mol. The van der Waals surface area contributed by atoms with E-state index in [4.69, 9.17) is 0 Å².